The Morgan fingerprint density at radius 1 is 1.15 bits per heavy atom. The summed E-state index contributed by atoms with van der Waals surface area (Å²) >= 11 is 17.3. The van der Waals surface area contributed by atoms with Gasteiger partial charge >= 0.3 is 0 Å². The molecule has 106 valence electrons. The number of nitrogen functional groups attached to an aromatic ring is 1. The summed E-state index contributed by atoms with van der Waals surface area (Å²) in [5, 5.41) is -0.287. The quantitative estimate of drug-likeness (QED) is 0.653. The molecule has 0 aliphatic rings. The molecular weight excluding hydrogens is 347 g/mol. The molecule has 0 radical (unpaired) electrons. The third-order valence-corrected chi connectivity index (χ3v) is 4.61. The van der Waals surface area contributed by atoms with Gasteiger partial charge in [-0.2, -0.15) is 4.98 Å². The minimum atomic E-state index is -4.03. The third kappa shape index (κ3) is 3.24. The SMILES string of the molecule is Nc1cc(Cl)c(S(=O)(=O)Nc2ccnc(Cl)n2)c(Cl)c1. The first kappa shape index (κ1) is 15.1. The Hall–Kier alpha value is -1.28. The van der Waals surface area contributed by atoms with Gasteiger partial charge in [0, 0.05) is 11.9 Å². The molecule has 0 amide bonds. The summed E-state index contributed by atoms with van der Waals surface area (Å²) in [7, 11) is -4.03. The molecule has 2 rings (SSSR count). The van der Waals surface area contributed by atoms with E-state index in [-0.39, 0.29) is 31.7 Å². The number of hydrogen-bond donors (Lipinski definition) is 2. The monoisotopic (exact) mass is 352 g/mol. The van der Waals surface area contributed by atoms with E-state index in [9.17, 15) is 8.42 Å². The van der Waals surface area contributed by atoms with E-state index in [1.807, 2.05) is 0 Å². The van der Waals surface area contributed by atoms with E-state index in [0.29, 0.717) is 0 Å². The number of hydrogen-bond acceptors (Lipinski definition) is 5. The molecule has 0 atom stereocenters. The molecule has 0 bridgehead atoms. The summed E-state index contributed by atoms with van der Waals surface area (Å²) in [4.78, 5) is 7.07. The van der Waals surface area contributed by atoms with Gasteiger partial charge in [0.2, 0.25) is 5.28 Å². The van der Waals surface area contributed by atoms with Crippen molar-refractivity contribution in [3.05, 3.63) is 39.7 Å². The predicted molar refractivity (Wildman–Crippen MR) is 78.7 cm³/mol. The number of anilines is 2. The molecule has 0 spiro atoms. The van der Waals surface area contributed by atoms with Crippen molar-refractivity contribution >= 4 is 56.3 Å². The van der Waals surface area contributed by atoms with E-state index in [1.54, 1.807) is 0 Å². The summed E-state index contributed by atoms with van der Waals surface area (Å²) in [5.41, 5.74) is 5.78. The molecule has 0 aliphatic carbocycles. The van der Waals surface area contributed by atoms with E-state index in [4.69, 9.17) is 40.5 Å². The highest BCUT2D eigenvalue weighted by Crippen LogP contribution is 2.32. The van der Waals surface area contributed by atoms with Gasteiger partial charge in [-0.15, -0.1) is 0 Å². The van der Waals surface area contributed by atoms with Gasteiger partial charge in [0.1, 0.15) is 10.7 Å². The van der Waals surface area contributed by atoms with Gasteiger partial charge in [-0.1, -0.05) is 23.2 Å². The molecular formula is C10H7Cl3N4O2S. The number of benzene rings is 1. The Morgan fingerprint density at radius 3 is 2.30 bits per heavy atom. The lowest BCUT2D eigenvalue weighted by atomic mass is 10.3. The van der Waals surface area contributed by atoms with Crippen molar-refractivity contribution in [3.8, 4) is 0 Å². The molecule has 20 heavy (non-hydrogen) atoms. The number of aromatic nitrogens is 2. The van der Waals surface area contributed by atoms with E-state index >= 15 is 0 Å². The Labute approximate surface area is 129 Å². The van der Waals surface area contributed by atoms with E-state index in [2.05, 4.69) is 14.7 Å². The highest BCUT2D eigenvalue weighted by Gasteiger charge is 2.23. The van der Waals surface area contributed by atoms with Crippen LogP contribution in [0.3, 0.4) is 0 Å². The lowest BCUT2D eigenvalue weighted by molar-refractivity contribution is 0.601. The fourth-order valence-corrected chi connectivity index (χ4v) is 3.80. The molecule has 0 unspecified atom stereocenters. The largest absolute Gasteiger partial charge is 0.399 e. The van der Waals surface area contributed by atoms with Crippen LogP contribution in [0.2, 0.25) is 15.3 Å². The molecule has 1 aromatic heterocycles. The van der Waals surface area contributed by atoms with Gasteiger partial charge in [0.15, 0.2) is 0 Å². The first-order valence-corrected chi connectivity index (χ1v) is 7.67. The minimum absolute atomic E-state index is 0.00559. The Bertz CT molecular complexity index is 744. The van der Waals surface area contributed by atoms with Crippen LogP contribution in [-0.2, 0) is 10.0 Å². The minimum Gasteiger partial charge on any atom is -0.399 e. The van der Waals surface area contributed by atoms with Crippen LogP contribution in [0, 0.1) is 0 Å². The normalized spacial score (nSPS) is 11.3. The second-order valence-corrected chi connectivity index (χ2v) is 6.40. The van der Waals surface area contributed by atoms with Crippen molar-refractivity contribution in [3.63, 3.8) is 0 Å². The smallest absolute Gasteiger partial charge is 0.266 e. The standard InChI is InChI=1S/C10H7Cl3N4O2S/c11-6-3-5(14)4-7(12)9(6)20(18,19)17-8-1-2-15-10(13)16-8/h1-4H,14H2,(H,15,16,17). The van der Waals surface area contributed by atoms with Crippen LogP contribution in [0.4, 0.5) is 11.5 Å². The Kier molecular flexibility index (Phi) is 4.24. The summed E-state index contributed by atoms with van der Waals surface area (Å²) in [6.45, 7) is 0. The van der Waals surface area contributed by atoms with Gasteiger partial charge < -0.3 is 5.73 Å². The number of nitrogens with zero attached hydrogens (tertiary/aromatic N) is 2. The van der Waals surface area contributed by atoms with Crippen LogP contribution in [0.25, 0.3) is 0 Å². The first-order valence-electron chi connectivity index (χ1n) is 5.05. The lowest BCUT2D eigenvalue weighted by Crippen LogP contribution is -2.15. The third-order valence-electron chi connectivity index (χ3n) is 2.15. The van der Waals surface area contributed by atoms with Crippen molar-refractivity contribution in [1.82, 2.24) is 9.97 Å². The second kappa shape index (κ2) is 5.61. The second-order valence-electron chi connectivity index (χ2n) is 3.63. The number of rotatable bonds is 3. The van der Waals surface area contributed by atoms with Gasteiger partial charge in [0.05, 0.1) is 10.0 Å². The number of sulfonamides is 1. The van der Waals surface area contributed by atoms with Crippen LogP contribution in [-0.4, -0.2) is 18.4 Å². The summed E-state index contributed by atoms with van der Waals surface area (Å²) < 4.78 is 26.7. The zero-order valence-corrected chi connectivity index (χ0v) is 12.7. The topological polar surface area (TPSA) is 98.0 Å². The number of nitrogens with two attached hydrogens (primary N) is 1. The molecule has 2 aromatic rings. The highest BCUT2D eigenvalue weighted by atomic mass is 35.5. The van der Waals surface area contributed by atoms with Crippen LogP contribution >= 0.6 is 34.8 Å². The molecule has 1 heterocycles. The molecule has 0 aliphatic heterocycles. The van der Waals surface area contributed by atoms with Crippen molar-refractivity contribution in [2.75, 3.05) is 10.5 Å². The van der Waals surface area contributed by atoms with Crippen molar-refractivity contribution < 1.29 is 8.42 Å². The van der Waals surface area contributed by atoms with Gasteiger partial charge in [-0.3, -0.25) is 4.72 Å². The first-order chi connectivity index (χ1) is 9.29. The number of nitrogens with one attached hydrogen (secondary N) is 1. The van der Waals surface area contributed by atoms with Crippen molar-refractivity contribution in [2.45, 2.75) is 4.90 Å². The predicted octanol–water partition coefficient (Wildman–Crippen LogP) is 2.82. The zero-order chi connectivity index (χ0) is 14.9. The molecule has 0 fully saturated rings. The molecule has 0 saturated heterocycles. The molecule has 1 aromatic carbocycles. The molecule has 10 heteroatoms. The molecule has 6 nitrogen and oxygen atoms in total. The summed E-state index contributed by atoms with van der Waals surface area (Å²) in [6, 6.07) is 3.91. The average molecular weight is 354 g/mol. The van der Waals surface area contributed by atoms with Crippen LogP contribution in [0.1, 0.15) is 0 Å². The van der Waals surface area contributed by atoms with E-state index in [1.165, 1.54) is 24.4 Å². The average Bonchev–Trinajstić information content (AvgIpc) is 2.25. The molecule has 3 N–H and O–H groups in total. The van der Waals surface area contributed by atoms with Gasteiger partial charge in [-0.05, 0) is 29.8 Å². The zero-order valence-electron chi connectivity index (χ0n) is 9.64. The van der Waals surface area contributed by atoms with Crippen LogP contribution < -0.4 is 10.5 Å². The Balaban J connectivity index is 2.46. The van der Waals surface area contributed by atoms with E-state index in [0.717, 1.165) is 0 Å². The van der Waals surface area contributed by atoms with Crippen LogP contribution in [0.15, 0.2) is 29.3 Å². The fourth-order valence-electron chi connectivity index (χ4n) is 1.42. The van der Waals surface area contributed by atoms with Crippen molar-refractivity contribution in [1.29, 1.82) is 0 Å². The lowest BCUT2D eigenvalue weighted by Gasteiger charge is -2.11. The highest BCUT2D eigenvalue weighted by molar-refractivity contribution is 7.93. The maximum Gasteiger partial charge on any atom is 0.266 e. The maximum atomic E-state index is 12.2. The van der Waals surface area contributed by atoms with E-state index < -0.39 is 10.0 Å². The Morgan fingerprint density at radius 2 is 1.75 bits per heavy atom. The summed E-state index contributed by atoms with van der Waals surface area (Å²) in [6.07, 6.45) is 1.30. The fraction of sp³-hybridized carbons (Fsp3) is 0. The van der Waals surface area contributed by atoms with Gasteiger partial charge in [0.25, 0.3) is 10.0 Å². The van der Waals surface area contributed by atoms with Crippen LogP contribution in [0.5, 0.6) is 0 Å². The number of halogens is 3. The van der Waals surface area contributed by atoms with Crippen molar-refractivity contribution in [2.24, 2.45) is 0 Å². The maximum absolute atomic E-state index is 12.2. The van der Waals surface area contributed by atoms with Gasteiger partial charge in [-0.25, -0.2) is 13.4 Å². The summed E-state index contributed by atoms with van der Waals surface area (Å²) in [5.74, 6) is -0.00559. The molecule has 0 saturated carbocycles.